The third-order valence-electron chi connectivity index (χ3n) is 2.43. The summed E-state index contributed by atoms with van der Waals surface area (Å²) in [6, 6.07) is -0.413. The van der Waals surface area contributed by atoms with Crippen LogP contribution in [0.1, 0.15) is 6.42 Å². The molecule has 0 aromatic heterocycles. The number of methoxy groups -OCH3 is 1. The number of nitrogens with one attached hydrogen (secondary N) is 1. The van der Waals surface area contributed by atoms with Crippen LogP contribution in [0.2, 0.25) is 0 Å². The van der Waals surface area contributed by atoms with Crippen LogP contribution in [0.3, 0.4) is 0 Å². The number of aliphatic hydroxyl groups excluding tert-OH is 1. The van der Waals surface area contributed by atoms with E-state index in [4.69, 9.17) is 20.3 Å². The van der Waals surface area contributed by atoms with E-state index in [9.17, 15) is 4.79 Å². The van der Waals surface area contributed by atoms with Gasteiger partial charge in [0.2, 0.25) is 5.91 Å². The smallest absolute Gasteiger partial charge is 0.242 e. The predicted molar refractivity (Wildman–Crippen MR) is 53.2 cm³/mol. The standard InChI is InChI=1S/C9H18N2O4/c1-14-5-7(4-12)11-8(13)9(10)2-3-15-6-9/h7,12H,2-6,10H2,1H3,(H,11,13). The highest BCUT2D eigenvalue weighted by molar-refractivity contribution is 5.86. The van der Waals surface area contributed by atoms with Crippen molar-refractivity contribution in [3.05, 3.63) is 0 Å². The Morgan fingerprint density at radius 1 is 1.80 bits per heavy atom. The van der Waals surface area contributed by atoms with Crippen molar-refractivity contribution in [2.75, 3.05) is 33.5 Å². The van der Waals surface area contributed by atoms with E-state index in [1.807, 2.05) is 0 Å². The summed E-state index contributed by atoms with van der Waals surface area (Å²) in [5.41, 5.74) is 4.89. The molecule has 1 fully saturated rings. The van der Waals surface area contributed by atoms with E-state index in [0.29, 0.717) is 13.0 Å². The van der Waals surface area contributed by atoms with Crippen LogP contribution in [0.4, 0.5) is 0 Å². The molecular weight excluding hydrogens is 200 g/mol. The molecule has 1 aliphatic heterocycles. The Morgan fingerprint density at radius 2 is 2.53 bits per heavy atom. The number of aliphatic hydroxyl groups is 1. The van der Waals surface area contributed by atoms with Gasteiger partial charge in [-0.2, -0.15) is 0 Å². The lowest BCUT2D eigenvalue weighted by Gasteiger charge is -2.24. The summed E-state index contributed by atoms with van der Waals surface area (Å²) in [7, 11) is 1.51. The van der Waals surface area contributed by atoms with Crippen molar-refractivity contribution in [3.63, 3.8) is 0 Å². The monoisotopic (exact) mass is 218 g/mol. The molecule has 1 amide bonds. The third kappa shape index (κ3) is 3.13. The molecule has 88 valence electrons. The summed E-state index contributed by atoms with van der Waals surface area (Å²) >= 11 is 0. The number of carbonyl (C=O) groups excluding carboxylic acids is 1. The van der Waals surface area contributed by atoms with Crippen molar-refractivity contribution in [1.82, 2.24) is 5.32 Å². The van der Waals surface area contributed by atoms with Crippen LogP contribution in [0, 0.1) is 0 Å². The molecule has 4 N–H and O–H groups in total. The third-order valence-corrected chi connectivity index (χ3v) is 2.43. The average Bonchev–Trinajstić information content (AvgIpc) is 2.65. The van der Waals surface area contributed by atoms with Crippen molar-refractivity contribution < 1.29 is 19.4 Å². The Morgan fingerprint density at radius 3 is 3.00 bits per heavy atom. The molecule has 0 aromatic rings. The van der Waals surface area contributed by atoms with Crippen LogP contribution in [-0.2, 0) is 14.3 Å². The predicted octanol–water partition coefficient (Wildman–Crippen LogP) is -1.77. The number of amides is 1. The van der Waals surface area contributed by atoms with E-state index in [1.54, 1.807) is 0 Å². The lowest BCUT2D eigenvalue weighted by Crippen LogP contribution is -2.58. The fourth-order valence-corrected chi connectivity index (χ4v) is 1.43. The van der Waals surface area contributed by atoms with Crippen LogP contribution in [0.15, 0.2) is 0 Å². The normalized spacial score (nSPS) is 27.7. The van der Waals surface area contributed by atoms with E-state index < -0.39 is 11.6 Å². The molecule has 2 unspecified atom stereocenters. The largest absolute Gasteiger partial charge is 0.394 e. The molecule has 0 radical (unpaired) electrons. The number of carbonyl (C=O) groups is 1. The van der Waals surface area contributed by atoms with Crippen molar-refractivity contribution in [2.24, 2.45) is 5.73 Å². The molecule has 0 aromatic carbocycles. The lowest BCUT2D eigenvalue weighted by atomic mass is 9.99. The Balaban J connectivity index is 2.45. The second-order valence-corrected chi connectivity index (χ2v) is 3.77. The zero-order valence-electron chi connectivity index (χ0n) is 8.86. The molecule has 15 heavy (non-hydrogen) atoms. The van der Waals surface area contributed by atoms with Gasteiger partial charge in [-0.15, -0.1) is 0 Å². The van der Waals surface area contributed by atoms with Crippen LogP contribution in [0.5, 0.6) is 0 Å². The topological polar surface area (TPSA) is 93.8 Å². The molecule has 0 bridgehead atoms. The van der Waals surface area contributed by atoms with Gasteiger partial charge in [0.25, 0.3) is 0 Å². The quantitative estimate of drug-likeness (QED) is 0.507. The molecule has 1 aliphatic rings. The molecule has 2 atom stereocenters. The first-order valence-corrected chi connectivity index (χ1v) is 4.90. The number of hydrogen-bond acceptors (Lipinski definition) is 5. The second-order valence-electron chi connectivity index (χ2n) is 3.77. The van der Waals surface area contributed by atoms with E-state index in [2.05, 4.69) is 5.32 Å². The molecular formula is C9H18N2O4. The Bertz CT molecular complexity index is 216. The Kier molecular flexibility index (Phi) is 4.46. The fraction of sp³-hybridized carbons (Fsp3) is 0.889. The molecule has 0 saturated carbocycles. The summed E-state index contributed by atoms with van der Waals surface area (Å²) in [4.78, 5) is 11.7. The van der Waals surface area contributed by atoms with E-state index >= 15 is 0 Å². The first-order valence-electron chi connectivity index (χ1n) is 4.90. The van der Waals surface area contributed by atoms with Crippen molar-refractivity contribution in [3.8, 4) is 0 Å². The summed E-state index contributed by atoms with van der Waals surface area (Å²) in [5, 5.41) is 11.6. The Labute approximate surface area is 88.7 Å². The maximum Gasteiger partial charge on any atom is 0.242 e. The van der Waals surface area contributed by atoms with Gasteiger partial charge in [0.1, 0.15) is 5.54 Å². The van der Waals surface area contributed by atoms with Crippen LogP contribution < -0.4 is 11.1 Å². The maximum atomic E-state index is 11.7. The van der Waals surface area contributed by atoms with Gasteiger partial charge >= 0.3 is 0 Å². The number of hydrogen-bond donors (Lipinski definition) is 3. The van der Waals surface area contributed by atoms with Crippen molar-refractivity contribution in [1.29, 1.82) is 0 Å². The van der Waals surface area contributed by atoms with Gasteiger partial charge in [-0.1, -0.05) is 0 Å². The molecule has 6 heteroatoms. The molecule has 1 rings (SSSR count). The summed E-state index contributed by atoms with van der Waals surface area (Å²) in [5.74, 6) is -0.295. The number of nitrogens with two attached hydrogens (primary N) is 1. The molecule has 6 nitrogen and oxygen atoms in total. The lowest BCUT2D eigenvalue weighted by molar-refractivity contribution is -0.127. The van der Waals surface area contributed by atoms with Crippen LogP contribution in [-0.4, -0.2) is 56.1 Å². The Hall–Kier alpha value is -0.690. The first-order chi connectivity index (χ1) is 7.12. The number of ether oxygens (including phenoxy) is 2. The minimum absolute atomic E-state index is 0.170. The molecule has 1 heterocycles. The minimum atomic E-state index is -0.957. The van der Waals surface area contributed by atoms with E-state index in [1.165, 1.54) is 7.11 Å². The van der Waals surface area contributed by atoms with Gasteiger partial charge < -0.3 is 25.6 Å². The van der Waals surface area contributed by atoms with E-state index in [-0.39, 0.29) is 25.7 Å². The summed E-state index contributed by atoms with van der Waals surface area (Å²) in [6.45, 7) is 0.817. The minimum Gasteiger partial charge on any atom is -0.394 e. The summed E-state index contributed by atoms with van der Waals surface area (Å²) < 4.78 is 9.92. The van der Waals surface area contributed by atoms with Gasteiger partial charge in [0.05, 0.1) is 25.9 Å². The van der Waals surface area contributed by atoms with Crippen LogP contribution in [0.25, 0.3) is 0 Å². The van der Waals surface area contributed by atoms with Crippen molar-refractivity contribution in [2.45, 2.75) is 18.0 Å². The zero-order chi connectivity index (χ0) is 11.3. The van der Waals surface area contributed by atoms with Gasteiger partial charge in [-0.25, -0.2) is 0 Å². The van der Waals surface area contributed by atoms with Crippen molar-refractivity contribution >= 4 is 5.91 Å². The first kappa shape index (κ1) is 12.4. The maximum absolute atomic E-state index is 11.7. The summed E-state index contributed by atoms with van der Waals surface area (Å²) in [6.07, 6.45) is 0.504. The van der Waals surface area contributed by atoms with E-state index in [0.717, 1.165) is 0 Å². The molecule has 1 saturated heterocycles. The average molecular weight is 218 g/mol. The molecule has 0 aliphatic carbocycles. The SMILES string of the molecule is COCC(CO)NC(=O)C1(N)CCOC1. The highest BCUT2D eigenvalue weighted by Gasteiger charge is 2.38. The van der Waals surface area contributed by atoms with Crippen LogP contribution >= 0.6 is 0 Å². The van der Waals surface area contributed by atoms with Gasteiger partial charge in [0.15, 0.2) is 0 Å². The molecule has 0 spiro atoms. The number of rotatable bonds is 5. The second kappa shape index (κ2) is 5.41. The fourth-order valence-electron chi connectivity index (χ4n) is 1.43. The van der Waals surface area contributed by atoms with Gasteiger partial charge in [-0.3, -0.25) is 4.79 Å². The highest BCUT2D eigenvalue weighted by atomic mass is 16.5. The zero-order valence-corrected chi connectivity index (χ0v) is 8.86. The highest BCUT2D eigenvalue weighted by Crippen LogP contribution is 2.15. The van der Waals surface area contributed by atoms with Gasteiger partial charge in [0, 0.05) is 13.7 Å². The van der Waals surface area contributed by atoms with Gasteiger partial charge in [-0.05, 0) is 6.42 Å².